The van der Waals surface area contributed by atoms with Crippen LogP contribution in [0.1, 0.15) is 24.0 Å². The van der Waals surface area contributed by atoms with Crippen molar-refractivity contribution in [1.29, 1.82) is 0 Å². The number of primary amides is 1. The summed E-state index contributed by atoms with van der Waals surface area (Å²) in [5.74, 6) is -0.494. The number of carbonyl (C=O) groups is 1. The molecule has 0 spiro atoms. The summed E-state index contributed by atoms with van der Waals surface area (Å²) in [6, 6.07) is 7.49. The fourth-order valence-electron chi connectivity index (χ4n) is 2.40. The van der Waals surface area contributed by atoms with E-state index >= 15 is 0 Å². The van der Waals surface area contributed by atoms with Crippen molar-refractivity contribution in [2.75, 3.05) is 19.8 Å². The predicted octanol–water partition coefficient (Wildman–Crippen LogP) is 1.17. The predicted molar refractivity (Wildman–Crippen MR) is 88.8 cm³/mol. The second kappa shape index (κ2) is 7.25. The molecule has 0 aliphatic carbocycles. The number of amides is 1. The molecule has 7 heteroatoms. The first-order valence-corrected chi connectivity index (χ1v) is 9.00. The van der Waals surface area contributed by atoms with Crippen LogP contribution in [-0.4, -0.2) is 34.1 Å². The molecule has 23 heavy (non-hydrogen) atoms. The molecule has 0 aromatic heterocycles. The van der Waals surface area contributed by atoms with E-state index in [-0.39, 0.29) is 6.54 Å². The van der Waals surface area contributed by atoms with Crippen LogP contribution in [0.4, 0.5) is 0 Å². The molecule has 126 valence electrons. The van der Waals surface area contributed by atoms with E-state index < -0.39 is 21.3 Å². The quantitative estimate of drug-likeness (QED) is 0.813. The lowest BCUT2D eigenvalue weighted by atomic mass is 9.80. The number of benzene rings is 1. The zero-order valence-corrected chi connectivity index (χ0v) is 13.9. The van der Waals surface area contributed by atoms with E-state index in [1.165, 1.54) is 6.08 Å². The number of sulfonamides is 1. The molecule has 6 nitrogen and oxygen atoms in total. The number of nitrogens with one attached hydrogen (secondary N) is 1. The maximum atomic E-state index is 12.1. The van der Waals surface area contributed by atoms with Gasteiger partial charge >= 0.3 is 0 Å². The lowest BCUT2D eigenvalue weighted by molar-refractivity contribution is -0.132. The first kappa shape index (κ1) is 17.7. The summed E-state index contributed by atoms with van der Waals surface area (Å²) in [6.45, 7) is 2.77. The molecule has 0 unspecified atom stereocenters. The van der Waals surface area contributed by atoms with Gasteiger partial charge in [-0.2, -0.15) is 0 Å². The molecule has 3 N–H and O–H groups in total. The van der Waals surface area contributed by atoms with E-state index in [2.05, 4.69) is 4.72 Å². The summed E-state index contributed by atoms with van der Waals surface area (Å²) in [4.78, 5) is 11.7. The van der Waals surface area contributed by atoms with Crippen LogP contribution in [0, 0.1) is 12.3 Å². The fraction of sp³-hybridized carbons (Fsp3) is 0.438. The third-order valence-corrected chi connectivity index (χ3v) is 5.14. The maximum absolute atomic E-state index is 12.1. The van der Waals surface area contributed by atoms with Gasteiger partial charge in [-0.25, -0.2) is 13.1 Å². The van der Waals surface area contributed by atoms with Crippen molar-refractivity contribution in [3.63, 3.8) is 0 Å². The minimum atomic E-state index is -3.64. The molecule has 0 atom stereocenters. The third-order valence-electron chi connectivity index (χ3n) is 4.10. The molecule has 1 aliphatic heterocycles. The third kappa shape index (κ3) is 4.89. The number of rotatable bonds is 6. The molecule has 1 heterocycles. The summed E-state index contributed by atoms with van der Waals surface area (Å²) >= 11 is 0. The Morgan fingerprint density at radius 1 is 1.30 bits per heavy atom. The summed E-state index contributed by atoms with van der Waals surface area (Å²) in [6.07, 6.45) is 2.36. The van der Waals surface area contributed by atoms with Crippen LogP contribution in [-0.2, 0) is 19.6 Å². The van der Waals surface area contributed by atoms with Crippen molar-refractivity contribution in [3.8, 4) is 0 Å². The standard InChI is InChI=1S/C16H22N2O4S/c1-13-2-4-14(5-3-13)6-11-23(20,21)18-12-16(15(17)19)7-9-22-10-8-16/h2-6,11,18H,7-10,12H2,1H3,(H2,17,19)/b11-6-. The second-order valence-corrected chi connectivity index (χ2v) is 7.49. The smallest absolute Gasteiger partial charge is 0.233 e. The van der Waals surface area contributed by atoms with Gasteiger partial charge < -0.3 is 10.5 Å². The van der Waals surface area contributed by atoms with Gasteiger partial charge in [-0.15, -0.1) is 0 Å². The highest BCUT2D eigenvalue weighted by atomic mass is 32.2. The molecule has 1 aliphatic rings. The molecule has 1 aromatic rings. The Kier molecular flexibility index (Phi) is 5.56. The van der Waals surface area contributed by atoms with Crippen molar-refractivity contribution in [1.82, 2.24) is 4.72 Å². The van der Waals surface area contributed by atoms with E-state index in [1.54, 1.807) is 0 Å². The monoisotopic (exact) mass is 338 g/mol. The molecule has 0 bridgehead atoms. The van der Waals surface area contributed by atoms with Crippen LogP contribution < -0.4 is 10.5 Å². The SMILES string of the molecule is Cc1ccc(/C=C\S(=O)(=O)NCC2(C(N)=O)CCOCC2)cc1. The number of carbonyl (C=O) groups excluding carboxylic acids is 1. The van der Waals surface area contributed by atoms with Crippen molar-refractivity contribution in [3.05, 3.63) is 40.8 Å². The number of hydrogen-bond donors (Lipinski definition) is 2. The van der Waals surface area contributed by atoms with Crippen molar-refractivity contribution in [2.24, 2.45) is 11.1 Å². The van der Waals surface area contributed by atoms with Gasteiger partial charge in [-0.05, 0) is 31.4 Å². The Hall–Kier alpha value is -1.70. The molecule has 2 rings (SSSR count). The molecular formula is C16H22N2O4S. The van der Waals surface area contributed by atoms with Crippen molar-refractivity contribution >= 4 is 22.0 Å². The highest BCUT2D eigenvalue weighted by Crippen LogP contribution is 2.29. The summed E-state index contributed by atoms with van der Waals surface area (Å²) in [5.41, 5.74) is 6.48. The minimum absolute atomic E-state index is 0.00767. The lowest BCUT2D eigenvalue weighted by Gasteiger charge is -2.33. The zero-order valence-electron chi connectivity index (χ0n) is 13.1. The molecule has 1 amide bonds. The number of aryl methyl sites for hydroxylation is 1. The van der Waals surface area contributed by atoms with Gasteiger partial charge in [0.2, 0.25) is 15.9 Å². The molecule has 0 radical (unpaired) electrons. The van der Waals surface area contributed by atoms with Crippen LogP contribution in [0.2, 0.25) is 0 Å². The lowest BCUT2D eigenvalue weighted by Crippen LogP contribution is -2.49. The summed E-state index contributed by atoms with van der Waals surface area (Å²) < 4.78 is 31.9. The maximum Gasteiger partial charge on any atom is 0.233 e. The van der Waals surface area contributed by atoms with Crippen molar-refractivity contribution in [2.45, 2.75) is 19.8 Å². The molecule has 1 saturated heterocycles. The van der Waals surface area contributed by atoms with Gasteiger partial charge in [0.25, 0.3) is 0 Å². The Balaban J connectivity index is 2.02. The Bertz CT molecular complexity index is 675. The summed E-state index contributed by atoms with van der Waals surface area (Å²) in [7, 11) is -3.64. The number of ether oxygens (including phenoxy) is 1. The molecule has 1 fully saturated rings. The highest BCUT2D eigenvalue weighted by Gasteiger charge is 2.39. The van der Waals surface area contributed by atoms with E-state index in [4.69, 9.17) is 10.5 Å². The van der Waals surface area contributed by atoms with Crippen LogP contribution in [0.3, 0.4) is 0 Å². The minimum Gasteiger partial charge on any atom is -0.381 e. The van der Waals surface area contributed by atoms with E-state index in [9.17, 15) is 13.2 Å². The molecule has 0 saturated carbocycles. The normalized spacial score (nSPS) is 18.1. The Morgan fingerprint density at radius 2 is 1.91 bits per heavy atom. The Morgan fingerprint density at radius 3 is 2.48 bits per heavy atom. The molecule has 1 aromatic carbocycles. The second-order valence-electron chi connectivity index (χ2n) is 5.84. The van der Waals surface area contributed by atoms with E-state index in [1.807, 2.05) is 31.2 Å². The van der Waals surface area contributed by atoms with Gasteiger partial charge in [0.1, 0.15) is 0 Å². The van der Waals surface area contributed by atoms with Gasteiger partial charge in [-0.1, -0.05) is 29.8 Å². The van der Waals surface area contributed by atoms with Crippen molar-refractivity contribution < 1.29 is 17.9 Å². The number of hydrogen-bond acceptors (Lipinski definition) is 4. The van der Waals surface area contributed by atoms with Gasteiger partial charge in [0, 0.05) is 25.2 Å². The number of nitrogens with two attached hydrogens (primary N) is 1. The van der Waals surface area contributed by atoms with Crippen LogP contribution >= 0.6 is 0 Å². The van der Waals surface area contributed by atoms with Gasteiger partial charge in [0.15, 0.2) is 0 Å². The van der Waals surface area contributed by atoms with Gasteiger partial charge in [-0.3, -0.25) is 4.79 Å². The van der Waals surface area contributed by atoms with Gasteiger partial charge in [0.05, 0.1) is 5.41 Å². The fourth-order valence-corrected chi connectivity index (χ4v) is 3.31. The van der Waals surface area contributed by atoms with Crippen LogP contribution in [0.15, 0.2) is 29.7 Å². The highest BCUT2D eigenvalue weighted by molar-refractivity contribution is 7.92. The van der Waals surface area contributed by atoms with E-state index in [0.29, 0.717) is 26.1 Å². The van der Waals surface area contributed by atoms with Crippen LogP contribution in [0.25, 0.3) is 6.08 Å². The average Bonchev–Trinajstić information content (AvgIpc) is 2.53. The van der Waals surface area contributed by atoms with E-state index in [0.717, 1.165) is 16.5 Å². The first-order valence-electron chi connectivity index (χ1n) is 7.45. The van der Waals surface area contributed by atoms with Crippen LogP contribution in [0.5, 0.6) is 0 Å². The molecular weight excluding hydrogens is 316 g/mol. The Labute approximate surface area is 136 Å². The summed E-state index contributed by atoms with van der Waals surface area (Å²) in [5, 5.41) is 1.10. The largest absolute Gasteiger partial charge is 0.381 e. The topological polar surface area (TPSA) is 98.5 Å². The zero-order chi connectivity index (χ0) is 16.9. The average molecular weight is 338 g/mol. The first-order chi connectivity index (χ1) is 10.8.